The minimum absolute atomic E-state index is 0.195. The fourth-order valence-electron chi connectivity index (χ4n) is 3.66. The third-order valence-electron chi connectivity index (χ3n) is 5.41. The van der Waals surface area contributed by atoms with Gasteiger partial charge in [-0.15, -0.1) is 0 Å². The summed E-state index contributed by atoms with van der Waals surface area (Å²) in [6.07, 6.45) is 6.97. The number of anilines is 1. The molecule has 1 aliphatic rings. The van der Waals surface area contributed by atoms with Crippen LogP contribution in [-0.2, 0) is 16.1 Å². The summed E-state index contributed by atoms with van der Waals surface area (Å²) in [6, 6.07) is 5.47. The zero-order chi connectivity index (χ0) is 23.9. The molecule has 1 saturated heterocycles. The predicted molar refractivity (Wildman–Crippen MR) is 132 cm³/mol. The highest BCUT2D eigenvalue weighted by molar-refractivity contribution is 7.98. The van der Waals surface area contributed by atoms with Gasteiger partial charge in [-0.3, -0.25) is 4.79 Å². The molecule has 3 heterocycles. The lowest BCUT2D eigenvalue weighted by atomic mass is 10.2. The van der Waals surface area contributed by atoms with E-state index in [0.717, 1.165) is 35.5 Å². The molecule has 3 aromatic rings. The number of amides is 1. The molecule has 0 radical (unpaired) electrons. The lowest BCUT2D eigenvalue weighted by Gasteiger charge is -2.28. The first kappa shape index (κ1) is 23.8. The van der Waals surface area contributed by atoms with E-state index >= 15 is 0 Å². The average Bonchev–Trinajstić information content (AvgIpc) is 3.29. The number of ether oxygens (including phenoxy) is 3. The molecule has 1 aromatic carbocycles. The number of rotatable bonds is 9. The number of nitrogens with zero attached hydrogens (tertiary/aromatic N) is 5. The second-order valence-corrected chi connectivity index (χ2v) is 8.25. The van der Waals surface area contributed by atoms with Crippen LogP contribution in [0.1, 0.15) is 5.56 Å². The third kappa shape index (κ3) is 5.42. The minimum Gasteiger partial charge on any atom is -0.493 e. The van der Waals surface area contributed by atoms with Gasteiger partial charge in [0.1, 0.15) is 5.82 Å². The average molecular weight is 485 g/mol. The molecule has 0 aliphatic carbocycles. The van der Waals surface area contributed by atoms with Crippen LogP contribution in [0.15, 0.2) is 35.6 Å². The van der Waals surface area contributed by atoms with Crippen LogP contribution in [-0.4, -0.2) is 79.0 Å². The number of hydrogen-bond donors (Lipinski definition) is 1. The molecule has 4 rings (SSSR count). The van der Waals surface area contributed by atoms with Crippen molar-refractivity contribution in [3.63, 3.8) is 0 Å². The highest BCUT2D eigenvalue weighted by atomic mass is 32.2. The van der Waals surface area contributed by atoms with Gasteiger partial charge in [0.05, 0.1) is 45.6 Å². The van der Waals surface area contributed by atoms with Crippen molar-refractivity contribution in [2.45, 2.75) is 11.7 Å². The standard InChI is InChI=1S/C23H28N6O4S/c1-31-18-6-4-16(14-19(18)32-2)5-7-20(30)24-8-9-29-22-17(15-25-29)21(26-23(27-22)34-3)28-10-12-33-13-11-28/h4-7,14-15H,8-13H2,1-3H3,(H,24,30). The van der Waals surface area contributed by atoms with Crippen LogP contribution in [0.25, 0.3) is 17.1 Å². The zero-order valence-corrected chi connectivity index (χ0v) is 20.3. The number of benzene rings is 1. The van der Waals surface area contributed by atoms with Gasteiger partial charge in [-0.25, -0.2) is 14.6 Å². The van der Waals surface area contributed by atoms with Gasteiger partial charge in [0.2, 0.25) is 5.91 Å². The van der Waals surface area contributed by atoms with Crippen LogP contribution in [0.4, 0.5) is 5.82 Å². The summed E-state index contributed by atoms with van der Waals surface area (Å²) in [4.78, 5) is 23.9. The van der Waals surface area contributed by atoms with Gasteiger partial charge in [0, 0.05) is 25.7 Å². The monoisotopic (exact) mass is 484 g/mol. The molecule has 1 aliphatic heterocycles. The fourth-order valence-corrected chi connectivity index (χ4v) is 4.02. The molecule has 1 N–H and O–H groups in total. The highest BCUT2D eigenvalue weighted by Gasteiger charge is 2.20. The number of methoxy groups -OCH3 is 2. The van der Waals surface area contributed by atoms with Crippen LogP contribution >= 0.6 is 11.8 Å². The van der Waals surface area contributed by atoms with Crippen molar-refractivity contribution in [2.24, 2.45) is 0 Å². The molecule has 11 heteroatoms. The van der Waals surface area contributed by atoms with Crippen LogP contribution < -0.4 is 19.7 Å². The Labute approximate surface area is 202 Å². The predicted octanol–water partition coefficient (Wildman–Crippen LogP) is 2.23. The number of thioether (sulfide) groups is 1. The van der Waals surface area contributed by atoms with E-state index in [-0.39, 0.29) is 5.91 Å². The van der Waals surface area contributed by atoms with Crippen molar-refractivity contribution < 1.29 is 19.0 Å². The molecular formula is C23H28N6O4S. The van der Waals surface area contributed by atoms with E-state index in [2.05, 4.69) is 20.3 Å². The molecule has 0 atom stereocenters. The van der Waals surface area contributed by atoms with E-state index in [9.17, 15) is 4.79 Å². The van der Waals surface area contributed by atoms with E-state index in [1.54, 1.807) is 37.2 Å². The van der Waals surface area contributed by atoms with Crippen molar-refractivity contribution in [3.8, 4) is 11.5 Å². The Morgan fingerprint density at radius 2 is 2.00 bits per heavy atom. The first-order valence-corrected chi connectivity index (χ1v) is 12.1. The molecule has 1 amide bonds. The molecule has 34 heavy (non-hydrogen) atoms. The second kappa shape index (κ2) is 11.2. The zero-order valence-electron chi connectivity index (χ0n) is 19.5. The summed E-state index contributed by atoms with van der Waals surface area (Å²) < 4.78 is 17.8. The van der Waals surface area contributed by atoms with Crippen molar-refractivity contribution >= 4 is 40.6 Å². The van der Waals surface area contributed by atoms with Gasteiger partial charge < -0.3 is 24.4 Å². The molecular weight excluding hydrogens is 456 g/mol. The quantitative estimate of drug-likeness (QED) is 0.278. The number of hydrogen-bond acceptors (Lipinski definition) is 9. The molecule has 0 saturated carbocycles. The molecule has 1 fully saturated rings. The van der Waals surface area contributed by atoms with Gasteiger partial charge in [-0.1, -0.05) is 17.8 Å². The molecule has 180 valence electrons. The first-order valence-electron chi connectivity index (χ1n) is 10.9. The normalized spacial score (nSPS) is 14.0. The topological polar surface area (TPSA) is 104 Å². The Hall–Kier alpha value is -3.31. The number of aromatic nitrogens is 4. The summed E-state index contributed by atoms with van der Waals surface area (Å²) in [5.74, 6) is 1.94. The third-order valence-corrected chi connectivity index (χ3v) is 5.95. The molecule has 2 aromatic heterocycles. The highest BCUT2D eigenvalue weighted by Crippen LogP contribution is 2.28. The number of morpholine rings is 1. The lowest BCUT2D eigenvalue weighted by Crippen LogP contribution is -2.37. The lowest BCUT2D eigenvalue weighted by molar-refractivity contribution is -0.116. The number of carbonyl (C=O) groups is 1. The van der Waals surface area contributed by atoms with Gasteiger partial charge in [-0.2, -0.15) is 5.10 Å². The number of nitrogens with one attached hydrogen (secondary N) is 1. The van der Waals surface area contributed by atoms with E-state index in [1.807, 2.05) is 18.4 Å². The van der Waals surface area contributed by atoms with Crippen LogP contribution in [0.3, 0.4) is 0 Å². The van der Waals surface area contributed by atoms with Crippen LogP contribution in [0.5, 0.6) is 11.5 Å². The van der Waals surface area contributed by atoms with Gasteiger partial charge >= 0.3 is 0 Å². The van der Waals surface area contributed by atoms with Gasteiger partial charge in [0.15, 0.2) is 22.3 Å². The SMILES string of the molecule is COc1ccc(C=CC(=O)NCCn2ncc3c(N4CCOCC4)nc(SC)nc32)cc1OC. The smallest absolute Gasteiger partial charge is 0.244 e. The summed E-state index contributed by atoms with van der Waals surface area (Å²) in [7, 11) is 3.16. The Balaban J connectivity index is 1.40. The van der Waals surface area contributed by atoms with E-state index < -0.39 is 0 Å². The van der Waals surface area contributed by atoms with Crippen molar-refractivity contribution in [3.05, 3.63) is 36.0 Å². The second-order valence-electron chi connectivity index (χ2n) is 7.48. The minimum atomic E-state index is -0.195. The molecule has 0 unspecified atom stereocenters. The number of fused-ring (bicyclic) bond motifs is 1. The maximum absolute atomic E-state index is 12.3. The molecule has 0 spiro atoms. The summed E-state index contributed by atoms with van der Waals surface area (Å²) in [5.41, 5.74) is 1.60. The van der Waals surface area contributed by atoms with E-state index in [4.69, 9.17) is 19.2 Å². The summed E-state index contributed by atoms with van der Waals surface area (Å²) >= 11 is 1.50. The van der Waals surface area contributed by atoms with Crippen LogP contribution in [0, 0.1) is 0 Å². The maximum Gasteiger partial charge on any atom is 0.244 e. The molecule has 10 nitrogen and oxygen atoms in total. The van der Waals surface area contributed by atoms with Gasteiger partial charge in [-0.05, 0) is 30.0 Å². The van der Waals surface area contributed by atoms with Crippen molar-refractivity contribution in [1.82, 2.24) is 25.1 Å². The van der Waals surface area contributed by atoms with Crippen molar-refractivity contribution in [2.75, 3.05) is 58.2 Å². The maximum atomic E-state index is 12.3. The molecule has 0 bridgehead atoms. The summed E-state index contributed by atoms with van der Waals surface area (Å²) in [6.45, 7) is 3.83. The Kier molecular flexibility index (Phi) is 7.86. The van der Waals surface area contributed by atoms with Gasteiger partial charge in [0.25, 0.3) is 0 Å². The van der Waals surface area contributed by atoms with E-state index in [1.165, 1.54) is 17.8 Å². The number of carbonyl (C=O) groups excluding carboxylic acids is 1. The Bertz CT molecular complexity index is 1180. The fraction of sp³-hybridized carbons (Fsp3) is 0.391. The van der Waals surface area contributed by atoms with E-state index in [0.29, 0.717) is 43.0 Å². The van der Waals surface area contributed by atoms with Crippen molar-refractivity contribution in [1.29, 1.82) is 0 Å². The first-order chi connectivity index (χ1) is 16.6. The largest absolute Gasteiger partial charge is 0.493 e. The van der Waals surface area contributed by atoms with Crippen LogP contribution in [0.2, 0.25) is 0 Å². The summed E-state index contributed by atoms with van der Waals surface area (Å²) in [5, 5.41) is 8.99. The Morgan fingerprint density at radius 3 is 2.74 bits per heavy atom. The Morgan fingerprint density at radius 1 is 1.21 bits per heavy atom.